The van der Waals surface area contributed by atoms with Crippen molar-refractivity contribution in [1.29, 1.82) is 0 Å². The van der Waals surface area contributed by atoms with Gasteiger partial charge in [-0.15, -0.1) is 0 Å². The highest BCUT2D eigenvalue weighted by Crippen LogP contribution is 2.12. The fourth-order valence-corrected chi connectivity index (χ4v) is 1.97. The molecule has 20 heavy (non-hydrogen) atoms. The van der Waals surface area contributed by atoms with E-state index in [9.17, 15) is 4.79 Å². The van der Waals surface area contributed by atoms with E-state index in [0.717, 1.165) is 37.7 Å². The van der Waals surface area contributed by atoms with Crippen LogP contribution in [0.25, 0.3) is 0 Å². The molecule has 1 N–H and O–H groups in total. The minimum atomic E-state index is -0.717. The number of carboxylic acids is 1. The molecule has 0 aliphatic carbocycles. The van der Waals surface area contributed by atoms with E-state index in [1.54, 1.807) is 7.11 Å². The summed E-state index contributed by atoms with van der Waals surface area (Å²) >= 11 is 0. The van der Waals surface area contributed by atoms with Crippen molar-refractivity contribution in [3.63, 3.8) is 0 Å². The number of benzene rings is 1. The highest BCUT2D eigenvalue weighted by Gasteiger charge is 2.07. The molecule has 0 spiro atoms. The molecular weight excluding hydrogens is 256 g/mol. The van der Waals surface area contributed by atoms with Crippen molar-refractivity contribution in [2.24, 2.45) is 0 Å². The summed E-state index contributed by atoms with van der Waals surface area (Å²) in [5.41, 5.74) is 1.14. The van der Waals surface area contributed by atoms with E-state index in [0.29, 0.717) is 6.61 Å². The van der Waals surface area contributed by atoms with Gasteiger partial charge in [-0.25, -0.2) is 0 Å². The van der Waals surface area contributed by atoms with E-state index in [1.807, 2.05) is 30.3 Å². The molecule has 0 bridgehead atoms. The summed E-state index contributed by atoms with van der Waals surface area (Å²) in [6.07, 6.45) is 4.62. The van der Waals surface area contributed by atoms with E-state index < -0.39 is 5.97 Å². The SMILES string of the molecule is COC(CCCCCCC(=O)O)OCc1ccccc1. The summed E-state index contributed by atoms with van der Waals surface area (Å²) in [7, 11) is 1.65. The van der Waals surface area contributed by atoms with E-state index in [2.05, 4.69) is 0 Å². The van der Waals surface area contributed by atoms with Gasteiger partial charge in [0.2, 0.25) is 0 Å². The summed E-state index contributed by atoms with van der Waals surface area (Å²) in [6, 6.07) is 10.0. The third-order valence-corrected chi connectivity index (χ3v) is 3.12. The zero-order chi connectivity index (χ0) is 14.6. The van der Waals surface area contributed by atoms with Crippen LogP contribution in [0.5, 0.6) is 0 Å². The van der Waals surface area contributed by atoms with E-state index >= 15 is 0 Å². The van der Waals surface area contributed by atoms with Gasteiger partial charge in [0.1, 0.15) is 0 Å². The fraction of sp³-hybridized carbons (Fsp3) is 0.562. The van der Waals surface area contributed by atoms with Gasteiger partial charge in [0.05, 0.1) is 6.61 Å². The monoisotopic (exact) mass is 280 g/mol. The number of unbranched alkanes of at least 4 members (excludes halogenated alkanes) is 3. The minimum absolute atomic E-state index is 0.185. The van der Waals surface area contributed by atoms with Crippen LogP contribution in [0, 0.1) is 0 Å². The van der Waals surface area contributed by atoms with Crippen LogP contribution < -0.4 is 0 Å². The number of hydrogen-bond acceptors (Lipinski definition) is 3. The quantitative estimate of drug-likeness (QED) is 0.497. The average molecular weight is 280 g/mol. The summed E-state index contributed by atoms with van der Waals surface area (Å²) in [5.74, 6) is -0.717. The van der Waals surface area contributed by atoms with Crippen molar-refractivity contribution < 1.29 is 19.4 Å². The summed E-state index contributed by atoms with van der Waals surface area (Å²) < 4.78 is 11.0. The molecule has 1 unspecified atom stereocenters. The molecule has 0 aliphatic heterocycles. The second-order valence-electron chi connectivity index (χ2n) is 4.81. The second-order valence-corrected chi connectivity index (χ2v) is 4.81. The molecule has 0 fully saturated rings. The van der Waals surface area contributed by atoms with Crippen LogP contribution in [0.15, 0.2) is 30.3 Å². The van der Waals surface area contributed by atoms with Gasteiger partial charge in [-0.05, 0) is 24.8 Å². The maximum Gasteiger partial charge on any atom is 0.303 e. The molecule has 1 aromatic rings. The van der Waals surface area contributed by atoms with Crippen molar-refractivity contribution in [3.8, 4) is 0 Å². The fourth-order valence-electron chi connectivity index (χ4n) is 1.97. The van der Waals surface area contributed by atoms with Crippen molar-refractivity contribution in [1.82, 2.24) is 0 Å². The Kier molecular flexibility index (Phi) is 8.67. The second kappa shape index (κ2) is 10.4. The molecule has 4 heteroatoms. The molecule has 1 rings (SSSR count). The van der Waals surface area contributed by atoms with Crippen LogP contribution in [-0.4, -0.2) is 24.5 Å². The predicted molar refractivity (Wildman–Crippen MR) is 77.4 cm³/mol. The lowest BCUT2D eigenvalue weighted by molar-refractivity contribution is -0.137. The van der Waals surface area contributed by atoms with Crippen LogP contribution in [0.3, 0.4) is 0 Å². The topological polar surface area (TPSA) is 55.8 Å². The molecule has 1 atom stereocenters. The van der Waals surface area contributed by atoms with Gasteiger partial charge < -0.3 is 14.6 Å². The number of carboxylic acid groups (broad SMARTS) is 1. The maximum absolute atomic E-state index is 10.4. The number of methoxy groups -OCH3 is 1. The first-order chi connectivity index (χ1) is 9.72. The van der Waals surface area contributed by atoms with Crippen LogP contribution in [0.2, 0.25) is 0 Å². The molecule has 0 aliphatic rings. The zero-order valence-electron chi connectivity index (χ0n) is 12.1. The molecular formula is C16H24O4. The predicted octanol–water partition coefficient (Wildman–Crippen LogP) is 3.60. The Morgan fingerprint density at radius 3 is 2.50 bits per heavy atom. The molecule has 112 valence electrons. The minimum Gasteiger partial charge on any atom is -0.481 e. The standard InChI is InChI=1S/C16H24O4/c1-19-16(12-8-3-2-7-11-15(17)18)20-13-14-9-5-4-6-10-14/h4-6,9-10,16H,2-3,7-8,11-13H2,1H3,(H,17,18). The van der Waals surface area contributed by atoms with Gasteiger partial charge in [-0.3, -0.25) is 4.79 Å². The highest BCUT2D eigenvalue weighted by molar-refractivity contribution is 5.66. The number of rotatable bonds is 11. The van der Waals surface area contributed by atoms with Crippen LogP contribution >= 0.6 is 0 Å². The number of carbonyl (C=O) groups is 1. The van der Waals surface area contributed by atoms with Crippen molar-refractivity contribution in [3.05, 3.63) is 35.9 Å². The van der Waals surface area contributed by atoms with E-state index in [1.165, 1.54) is 0 Å². The largest absolute Gasteiger partial charge is 0.481 e. The van der Waals surface area contributed by atoms with E-state index in [4.69, 9.17) is 14.6 Å². The summed E-state index contributed by atoms with van der Waals surface area (Å²) in [4.78, 5) is 10.4. The molecule has 0 radical (unpaired) electrons. The van der Waals surface area contributed by atoms with Crippen LogP contribution in [0.4, 0.5) is 0 Å². The van der Waals surface area contributed by atoms with Gasteiger partial charge in [-0.2, -0.15) is 0 Å². The first-order valence-electron chi connectivity index (χ1n) is 7.12. The normalized spacial score (nSPS) is 12.2. The van der Waals surface area contributed by atoms with Gasteiger partial charge in [-0.1, -0.05) is 43.2 Å². The first kappa shape index (κ1) is 16.7. The number of hydrogen-bond donors (Lipinski definition) is 1. The van der Waals surface area contributed by atoms with Crippen molar-refractivity contribution >= 4 is 5.97 Å². The lowest BCUT2D eigenvalue weighted by Gasteiger charge is -2.16. The molecule has 0 amide bonds. The molecule has 4 nitrogen and oxygen atoms in total. The molecule has 0 saturated heterocycles. The average Bonchev–Trinajstić information content (AvgIpc) is 2.46. The van der Waals surface area contributed by atoms with Crippen LogP contribution in [0.1, 0.15) is 44.1 Å². The Bertz CT molecular complexity index is 364. The summed E-state index contributed by atoms with van der Waals surface area (Å²) in [5, 5.41) is 8.53. The number of ether oxygens (including phenoxy) is 2. The van der Waals surface area contributed by atoms with Crippen LogP contribution in [-0.2, 0) is 20.9 Å². The van der Waals surface area contributed by atoms with Gasteiger partial charge in [0.25, 0.3) is 0 Å². The van der Waals surface area contributed by atoms with E-state index in [-0.39, 0.29) is 12.7 Å². The zero-order valence-corrected chi connectivity index (χ0v) is 12.1. The first-order valence-corrected chi connectivity index (χ1v) is 7.12. The number of aliphatic carboxylic acids is 1. The Hall–Kier alpha value is -1.39. The highest BCUT2D eigenvalue weighted by atomic mass is 16.7. The van der Waals surface area contributed by atoms with Gasteiger partial charge in [0.15, 0.2) is 6.29 Å². The lowest BCUT2D eigenvalue weighted by Crippen LogP contribution is -2.15. The summed E-state index contributed by atoms with van der Waals surface area (Å²) in [6.45, 7) is 0.554. The Morgan fingerprint density at radius 2 is 1.85 bits per heavy atom. The third-order valence-electron chi connectivity index (χ3n) is 3.12. The Balaban J connectivity index is 2.09. The molecule has 0 heterocycles. The maximum atomic E-state index is 10.4. The Morgan fingerprint density at radius 1 is 1.15 bits per heavy atom. The van der Waals surface area contributed by atoms with Crippen molar-refractivity contribution in [2.45, 2.75) is 51.4 Å². The molecule has 0 saturated carbocycles. The smallest absolute Gasteiger partial charge is 0.303 e. The van der Waals surface area contributed by atoms with Gasteiger partial charge in [0, 0.05) is 13.5 Å². The van der Waals surface area contributed by atoms with Crippen molar-refractivity contribution in [2.75, 3.05) is 7.11 Å². The third kappa shape index (κ3) is 7.92. The van der Waals surface area contributed by atoms with Gasteiger partial charge >= 0.3 is 5.97 Å². The molecule has 1 aromatic carbocycles. The lowest BCUT2D eigenvalue weighted by atomic mass is 10.1. The Labute approximate surface area is 120 Å². The molecule has 0 aromatic heterocycles.